The third kappa shape index (κ3) is 6.68. The van der Waals surface area contributed by atoms with Crippen molar-refractivity contribution in [3.8, 4) is 0 Å². The molecule has 2 atom stereocenters. The summed E-state index contributed by atoms with van der Waals surface area (Å²) in [5.74, 6) is -1.01. The molecule has 1 N–H and O–H groups in total. The number of carbonyl (C=O) groups excluding carboxylic acids is 3. The number of aliphatic imine (C=N–C) groups is 1. The Balaban J connectivity index is 1.12. The second-order valence-corrected chi connectivity index (χ2v) is 11.5. The summed E-state index contributed by atoms with van der Waals surface area (Å²) >= 11 is 1.28. The number of amides is 3. The summed E-state index contributed by atoms with van der Waals surface area (Å²) in [7, 11) is 0. The van der Waals surface area contributed by atoms with Gasteiger partial charge < -0.3 is 19.4 Å². The van der Waals surface area contributed by atoms with Crippen LogP contribution in [0.15, 0.2) is 107 Å². The number of furan rings is 1. The summed E-state index contributed by atoms with van der Waals surface area (Å²) in [5, 5.41) is 2.73. The average Bonchev–Trinajstić information content (AvgIpc) is 3.80. The van der Waals surface area contributed by atoms with E-state index in [1.807, 2.05) is 30.3 Å². The van der Waals surface area contributed by atoms with Gasteiger partial charge in [-0.05, 0) is 60.4 Å². The molecule has 1 unspecified atom stereocenters. The van der Waals surface area contributed by atoms with Crippen LogP contribution in [0.25, 0.3) is 0 Å². The van der Waals surface area contributed by atoms with Gasteiger partial charge in [-0.3, -0.25) is 9.69 Å². The minimum atomic E-state index is -0.650. The largest absolute Gasteiger partial charge is 0.472 e. The fraction of sp³-hybridized carbons (Fsp3) is 0.212. The van der Waals surface area contributed by atoms with Crippen LogP contribution in [0.1, 0.15) is 34.8 Å². The Hall–Kier alpha value is -4.90. The number of nitrogens with zero attached hydrogens (tertiary/aromatic N) is 3. The van der Waals surface area contributed by atoms with Gasteiger partial charge in [0.1, 0.15) is 23.7 Å². The molecule has 0 aliphatic carbocycles. The number of rotatable bonds is 8. The van der Waals surface area contributed by atoms with Gasteiger partial charge in [-0.15, -0.1) is 0 Å². The van der Waals surface area contributed by atoms with Crippen molar-refractivity contribution in [1.29, 1.82) is 0 Å². The molecule has 0 saturated carbocycles. The number of anilines is 1. The topological polar surface area (TPSA) is 104 Å². The van der Waals surface area contributed by atoms with Crippen LogP contribution >= 0.6 is 11.8 Å². The van der Waals surface area contributed by atoms with Gasteiger partial charge in [0.2, 0.25) is 5.91 Å². The molecule has 6 rings (SSSR count). The number of benzene rings is 3. The zero-order chi connectivity index (χ0) is 30.5. The van der Waals surface area contributed by atoms with Gasteiger partial charge in [0.05, 0.1) is 24.8 Å². The van der Waals surface area contributed by atoms with Crippen LogP contribution < -0.4 is 5.32 Å². The molecular formula is C33H29FN4O5S. The van der Waals surface area contributed by atoms with Gasteiger partial charge in [0.25, 0.3) is 0 Å². The van der Waals surface area contributed by atoms with Gasteiger partial charge in [0, 0.05) is 17.8 Å². The van der Waals surface area contributed by atoms with Crippen molar-refractivity contribution in [2.24, 2.45) is 4.99 Å². The summed E-state index contributed by atoms with van der Waals surface area (Å²) in [5.41, 5.74) is 3.34. The minimum Gasteiger partial charge on any atom is -0.472 e. The predicted molar refractivity (Wildman–Crippen MR) is 165 cm³/mol. The number of hydrogen-bond donors (Lipinski definition) is 1. The Morgan fingerprint density at radius 1 is 1.02 bits per heavy atom. The fourth-order valence-electron chi connectivity index (χ4n) is 5.14. The standard InChI is InChI=1S/C33H29FN4O5S/c34-25-8-4-9-27(18-25)36-33-38(19-23-15-17-42-20-23)30(39)29(44-33)24-11-13-26(14-12-24)35-32(41)37-16-5-10-28(37)31(40)43-21-22-6-2-1-3-7-22/h1-4,6-9,11-15,17-18,20,28-29H,5,10,16,19,21H2,(H,35,41)/t28-,29?/m0/s1. The lowest BCUT2D eigenvalue weighted by atomic mass is 10.1. The van der Waals surface area contributed by atoms with Gasteiger partial charge in [-0.2, -0.15) is 0 Å². The van der Waals surface area contributed by atoms with E-state index in [4.69, 9.17) is 9.15 Å². The van der Waals surface area contributed by atoms with Crippen LogP contribution in [-0.4, -0.2) is 45.5 Å². The van der Waals surface area contributed by atoms with E-state index in [1.54, 1.807) is 53.6 Å². The highest BCUT2D eigenvalue weighted by Gasteiger charge is 2.39. The lowest BCUT2D eigenvalue weighted by molar-refractivity contribution is -0.149. The van der Waals surface area contributed by atoms with E-state index in [0.717, 1.165) is 16.7 Å². The molecule has 2 aliphatic heterocycles. The van der Waals surface area contributed by atoms with Crippen molar-refractivity contribution in [3.63, 3.8) is 0 Å². The molecule has 4 aromatic rings. The first-order chi connectivity index (χ1) is 21.4. The average molecular weight is 613 g/mol. The van der Waals surface area contributed by atoms with Gasteiger partial charge in [-0.1, -0.05) is 60.3 Å². The number of hydrogen-bond acceptors (Lipinski definition) is 7. The van der Waals surface area contributed by atoms with E-state index in [1.165, 1.54) is 35.1 Å². The van der Waals surface area contributed by atoms with Crippen molar-refractivity contribution in [2.45, 2.75) is 37.3 Å². The number of nitrogens with one attached hydrogen (secondary N) is 1. The zero-order valence-corrected chi connectivity index (χ0v) is 24.4. The van der Waals surface area contributed by atoms with Crippen molar-refractivity contribution < 1.29 is 27.9 Å². The molecule has 224 valence electrons. The maximum Gasteiger partial charge on any atom is 0.329 e. The molecule has 0 spiro atoms. The molecule has 9 nitrogen and oxygen atoms in total. The van der Waals surface area contributed by atoms with Crippen LogP contribution in [0.2, 0.25) is 0 Å². The lowest BCUT2D eigenvalue weighted by Gasteiger charge is -2.23. The Labute approximate surface area is 257 Å². The van der Waals surface area contributed by atoms with Crippen LogP contribution in [0.3, 0.4) is 0 Å². The minimum absolute atomic E-state index is 0.152. The number of esters is 1. The Morgan fingerprint density at radius 3 is 2.59 bits per heavy atom. The number of thioether (sulfide) groups is 1. The van der Waals surface area contributed by atoms with E-state index in [-0.39, 0.29) is 25.1 Å². The molecule has 0 radical (unpaired) electrons. The Bertz CT molecular complexity index is 1660. The zero-order valence-electron chi connectivity index (χ0n) is 23.6. The SMILES string of the molecule is O=C(OCc1ccccc1)[C@@H]1CCCN1C(=O)Nc1ccc(C2SC(=Nc3cccc(F)c3)N(Cc3ccoc3)C2=O)cc1. The number of ether oxygens (including phenoxy) is 1. The molecule has 11 heteroatoms. The number of amidine groups is 1. The normalized spacial score (nSPS) is 19.0. The monoisotopic (exact) mass is 612 g/mol. The van der Waals surface area contributed by atoms with Crippen molar-refractivity contribution in [2.75, 3.05) is 11.9 Å². The summed E-state index contributed by atoms with van der Waals surface area (Å²) in [6, 6.07) is 23.0. The van der Waals surface area contributed by atoms with Crippen LogP contribution in [0, 0.1) is 5.82 Å². The molecule has 2 fully saturated rings. The van der Waals surface area contributed by atoms with E-state index in [9.17, 15) is 18.8 Å². The number of carbonyl (C=O) groups is 3. The predicted octanol–water partition coefficient (Wildman–Crippen LogP) is 6.66. The van der Waals surface area contributed by atoms with E-state index in [2.05, 4.69) is 10.3 Å². The Morgan fingerprint density at radius 2 is 1.84 bits per heavy atom. The first-order valence-corrected chi connectivity index (χ1v) is 15.0. The highest BCUT2D eigenvalue weighted by Crippen LogP contribution is 2.41. The first-order valence-electron chi connectivity index (χ1n) is 14.2. The second-order valence-electron chi connectivity index (χ2n) is 10.4. The molecule has 3 amide bonds. The van der Waals surface area contributed by atoms with Gasteiger partial charge >= 0.3 is 12.0 Å². The van der Waals surface area contributed by atoms with E-state index in [0.29, 0.717) is 35.9 Å². The van der Waals surface area contributed by atoms with Crippen LogP contribution in [0.4, 0.5) is 20.6 Å². The van der Waals surface area contributed by atoms with Crippen molar-refractivity contribution in [3.05, 3.63) is 120 Å². The van der Waals surface area contributed by atoms with Crippen LogP contribution in [0.5, 0.6) is 0 Å². The third-order valence-electron chi connectivity index (χ3n) is 7.37. The number of urea groups is 1. The first kappa shape index (κ1) is 29.2. The van der Waals surface area contributed by atoms with Crippen LogP contribution in [-0.2, 0) is 27.5 Å². The maximum absolute atomic E-state index is 13.8. The van der Waals surface area contributed by atoms with Gasteiger partial charge in [-0.25, -0.2) is 19.0 Å². The Kier molecular flexibility index (Phi) is 8.74. The quantitative estimate of drug-likeness (QED) is 0.223. The highest BCUT2D eigenvalue weighted by molar-refractivity contribution is 8.15. The summed E-state index contributed by atoms with van der Waals surface area (Å²) in [6.45, 7) is 0.854. The molecule has 0 bridgehead atoms. The highest BCUT2D eigenvalue weighted by atomic mass is 32.2. The summed E-state index contributed by atoms with van der Waals surface area (Å²) < 4.78 is 24.5. The molecule has 2 aliphatic rings. The summed E-state index contributed by atoms with van der Waals surface area (Å²) in [4.78, 5) is 47.1. The number of halogens is 1. The number of likely N-dealkylation sites (tertiary alicyclic amines) is 1. The smallest absolute Gasteiger partial charge is 0.329 e. The molecule has 1 aromatic heterocycles. The maximum atomic E-state index is 13.8. The lowest BCUT2D eigenvalue weighted by Crippen LogP contribution is -2.43. The second kappa shape index (κ2) is 13.2. The molecule has 3 heterocycles. The molecular weight excluding hydrogens is 583 g/mol. The molecule has 3 aromatic carbocycles. The summed E-state index contributed by atoms with van der Waals surface area (Å²) in [6.07, 6.45) is 4.34. The third-order valence-corrected chi connectivity index (χ3v) is 8.60. The molecule has 44 heavy (non-hydrogen) atoms. The van der Waals surface area contributed by atoms with E-state index >= 15 is 0 Å². The van der Waals surface area contributed by atoms with Crippen molar-refractivity contribution >= 4 is 46.2 Å². The van der Waals surface area contributed by atoms with Crippen molar-refractivity contribution in [1.82, 2.24) is 9.80 Å². The van der Waals surface area contributed by atoms with E-state index < -0.39 is 23.1 Å². The fourth-order valence-corrected chi connectivity index (χ4v) is 6.31. The molecule has 2 saturated heterocycles. The van der Waals surface area contributed by atoms with Gasteiger partial charge in [0.15, 0.2) is 5.17 Å².